The molecule has 3 rings (SSSR count). The van der Waals surface area contributed by atoms with E-state index in [-0.39, 0.29) is 12.1 Å². The summed E-state index contributed by atoms with van der Waals surface area (Å²) in [7, 11) is 0. The molecule has 1 saturated carbocycles. The molecule has 0 bridgehead atoms. The van der Waals surface area contributed by atoms with Crippen LogP contribution in [0.2, 0.25) is 0 Å². The lowest BCUT2D eigenvalue weighted by Gasteiger charge is -2.28. The highest BCUT2D eigenvalue weighted by Crippen LogP contribution is 2.30. The van der Waals surface area contributed by atoms with E-state index in [9.17, 15) is 9.59 Å². The number of esters is 2. The zero-order chi connectivity index (χ0) is 27.7. The molecule has 0 heterocycles. The molecule has 2 aromatic rings. The van der Waals surface area contributed by atoms with Crippen LogP contribution in [0.4, 0.5) is 0 Å². The zero-order valence-electron chi connectivity index (χ0n) is 23.7. The SMILES string of the molecule is C=CCCCCCCCOc1ccc(C(=O)Oc2ccc(C(=O)OC3CCC(CCCCC)CC3)cc2)cc1. The van der Waals surface area contributed by atoms with Crippen molar-refractivity contribution in [2.24, 2.45) is 5.92 Å². The summed E-state index contributed by atoms with van der Waals surface area (Å²) in [6.45, 7) is 6.65. The van der Waals surface area contributed by atoms with Crippen LogP contribution >= 0.6 is 0 Å². The molecule has 0 N–H and O–H groups in total. The second kappa shape index (κ2) is 17.5. The lowest BCUT2D eigenvalue weighted by Crippen LogP contribution is -2.24. The van der Waals surface area contributed by atoms with Gasteiger partial charge < -0.3 is 14.2 Å². The van der Waals surface area contributed by atoms with Crippen LogP contribution in [0, 0.1) is 5.92 Å². The molecule has 1 aliphatic carbocycles. The van der Waals surface area contributed by atoms with E-state index in [1.165, 1.54) is 44.9 Å². The normalized spacial score (nSPS) is 16.8. The number of allylic oxidation sites excluding steroid dienone is 1. The van der Waals surface area contributed by atoms with Crippen molar-refractivity contribution in [3.05, 3.63) is 72.3 Å². The van der Waals surface area contributed by atoms with E-state index in [1.54, 1.807) is 48.5 Å². The molecule has 2 aromatic carbocycles. The molecule has 0 atom stereocenters. The van der Waals surface area contributed by atoms with Crippen molar-refractivity contribution in [3.63, 3.8) is 0 Å². The van der Waals surface area contributed by atoms with Crippen LogP contribution in [0.1, 0.15) is 118 Å². The van der Waals surface area contributed by atoms with Gasteiger partial charge in [-0.1, -0.05) is 57.9 Å². The Morgan fingerprint density at radius 2 is 1.38 bits per heavy atom. The summed E-state index contributed by atoms with van der Waals surface area (Å²) in [6.07, 6.45) is 18.2. The van der Waals surface area contributed by atoms with Crippen molar-refractivity contribution in [1.82, 2.24) is 0 Å². The summed E-state index contributed by atoms with van der Waals surface area (Å²) >= 11 is 0. The summed E-state index contributed by atoms with van der Waals surface area (Å²) in [4.78, 5) is 25.2. The molecule has 1 fully saturated rings. The summed E-state index contributed by atoms with van der Waals surface area (Å²) in [5.41, 5.74) is 0.913. The number of carbonyl (C=O) groups is 2. The van der Waals surface area contributed by atoms with Gasteiger partial charge in [0.25, 0.3) is 0 Å². The highest BCUT2D eigenvalue weighted by molar-refractivity contribution is 5.92. The number of carbonyl (C=O) groups excluding carboxylic acids is 2. The Morgan fingerprint density at radius 1 is 0.769 bits per heavy atom. The topological polar surface area (TPSA) is 61.8 Å². The fourth-order valence-corrected chi connectivity index (χ4v) is 5.06. The van der Waals surface area contributed by atoms with Crippen LogP contribution in [0.5, 0.6) is 11.5 Å². The van der Waals surface area contributed by atoms with Crippen LogP contribution in [0.25, 0.3) is 0 Å². The zero-order valence-corrected chi connectivity index (χ0v) is 23.7. The standard InChI is InChI=1S/C34H46O5/c1-3-5-7-8-9-10-12-26-37-30-22-16-28(17-23-30)33(35)39-32-24-18-29(19-25-32)34(36)38-31-20-14-27(15-21-31)13-11-6-4-2/h3,16-19,22-25,27,31H,1,4-15,20-21,26H2,2H3. The lowest BCUT2D eigenvalue weighted by molar-refractivity contribution is 0.0161. The van der Waals surface area contributed by atoms with Crippen LogP contribution in [-0.2, 0) is 4.74 Å². The maximum absolute atomic E-state index is 12.6. The summed E-state index contributed by atoms with van der Waals surface area (Å²) in [6, 6.07) is 13.6. The predicted octanol–water partition coefficient (Wildman–Crippen LogP) is 9.11. The molecule has 5 nitrogen and oxygen atoms in total. The van der Waals surface area contributed by atoms with E-state index in [1.807, 2.05) is 6.08 Å². The molecule has 0 unspecified atom stereocenters. The van der Waals surface area contributed by atoms with Crippen molar-refractivity contribution in [2.45, 2.75) is 103 Å². The van der Waals surface area contributed by atoms with Gasteiger partial charge in [0.2, 0.25) is 0 Å². The molecule has 39 heavy (non-hydrogen) atoms. The number of ether oxygens (including phenoxy) is 3. The minimum absolute atomic E-state index is 0.00299. The molecule has 0 aromatic heterocycles. The van der Waals surface area contributed by atoms with Crippen molar-refractivity contribution < 1.29 is 23.8 Å². The Labute approximate surface area is 234 Å². The van der Waals surface area contributed by atoms with E-state index < -0.39 is 5.97 Å². The number of unbranched alkanes of at least 4 members (excludes halogenated alkanes) is 7. The molecule has 0 saturated heterocycles. The molecule has 5 heteroatoms. The van der Waals surface area contributed by atoms with Gasteiger partial charge in [0, 0.05) is 0 Å². The van der Waals surface area contributed by atoms with E-state index in [2.05, 4.69) is 13.5 Å². The van der Waals surface area contributed by atoms with Gasteiger partial charge in [0.1, 0.15) is 17.6 Å². The lowest BCUT2D eigenvalue weighted by atomic mass is 9.84. The summed E-state index contributed by atoms with van der Waals surface area (Å²) in [5.74, 6) is 1.14. The first-order chi connectivity index (χ1) is 19.1. The van der Waals surface area contributed by atoms with Crippen molar-refractivity contribution in [1.29, 1.82) is 0 Å². The summed E-state index contributed by atoms with van der Waals surface area (Å²) < 4.78 is 17.0. The van der Waals surface area contributed by atoms with E-state index in [4.69, 9.17) is 14.2 Å². The second-order valence-electron chi connectivity index (χ2n) is 10.7. The molecule has 1 aliphatic rings. The van der Waals surface area contributed by atoms with Crippen molar-refractivity contribution >= 4 is 11.9 Å². The average molecular weight is 535 g/mol. The van der Waals surface area contributed by atoms with E-state index in [0.29, 0.717) is 23.5 Å². The fourth-order valence-electron chi connectivity index (χ4n) is 5.06. The Hall–Kier alpha value is -3.08. The van der Waals surface area contributed by atoms with E-state index >= 15 is 0 Å². The number of hydrogen-bond acceptors (Lipinski definition) is 5. The molecular formula is C34H46O5. The van der Waals surface area contributed by atoms with Gasteiger partial charge in [-0.05, 0) is 99.4 Å². The van der Waals surface area contributed by atoms with Crippen LogP contribution in [0.3, 0.4) is 0 Å². The van der Waals surface area contributed by atoms with Gasteiger partial charge in [-0.2, -0.15) is 0 Å². The minimum Gasteiger partial charge on any atom is -0.494 e. The van der Waals surface area contributed by atoms with Crippen LogP contribution in [0.15, 0.2) is 61.2 Å². The van der Waals surface area contributed by atoms with Gasteiger partial charge in [0.05, 0.1) is 17.7 Å². The molecular weight excluding hydrogens is 488 g/mol. The second-order valence-corrected chi connectivity index (χ2v) is 10.7. The van der Waals surface area contributed by atoms with Gasteiger partial charge in [-0.15, -0.1) is 6.58 Å². The number of rotatable bonds is 17. The number of hydrogen-bond donors (Lipinski definition) is 0. The molecule has 0 spiro atoms. The number of benzene rings is 2. The Morgan fingerprint density at radius 3 is 2.05 bits per heavy atom. The Kier molecular flexibility index (Phi) is 13.7. The Balaban J connectivity index is 1.36. The van der Waals surface area contributed by atoms with Gasteiger partial charge in [-0.3, -0.25) is 0 Å². The summed E-state index contributed by atoms with van der Waals surface area (Å²) in [5, 5.41) is 0. The molecule has 0 amide bonds. The first-order valence-corrected chi connectivity index (χ1v) is 15.0. The van der Waals surface area contributed by atoms with Crippen molar-refractivity contribution in [3.8, 4) is 11.5 Å². The smallest absolute Gasteiger partial charge is 0.343 e. The minimum atomic E-state index is -0.452. The first kappa shape index (κ1) is 30.5. The third kappa shape index (κ3) is 11.3. The average Bonchev–Trinajstić information content (AvgIpc) is 2.96. The highest BCUT2D eigenvalue weighted by atomic mass is 16.5. The maximum atomic E-state index is 12.6. The van der Waals surface area contributed by atoms with E-state index in [0.717, 1.165) is 56.6 Å². The van der Waals surface area contributed by atoms with Gasteiger partial charge >= 0.3 is 11.9 Å². The van der Waals surface area contributed by atoms with Crippen LogP contribution in [-0.4, -0.2) is 24.6 Å². The highest BCUT2D eigenvalue weighted by Gasteiger charge is 2.24. The Bertz CT molecular complexity index is 987. The van der Waals surface area contributed by atoms with Crippen LogP contribution < -0.4 is 9.47 Å². The predicted molar refractivity (Wildman–Crippen MR) is 157 cm³/mol. The maximum Gasteiger partial charge on any atom is 0.343 e. The van der Waals surface area contributed by atoms with Gasteiger partial charge in [-0.25, -0.2) is 9.59 Å². The quantitative estimate of drug-likeness (QED) is 0.0876. The molecule has 0 aliphatic heterocycles. The fraction of sp³-hybridized carbons (Fsp3) is 0.529. The molecule has 212 valence electrons. The largest absolute Gasteiger partial charge is 0.494 e. The first-order valence-electron chi connectivity index (χ1n) is 15.0. The van der Waals surface area contributed by atoms with Gasteiger partial charge in [0.15, 0.2) is 0 Å². The third-order valence-corrected chi connectivity index (χ3v) is 7.50. The monoisotopic (exact) mass is 534 g/mol. The molecule has 0 radical (unpaired) electrons. The van der Waals surface area contributed by atoms with Crippen molar-refractivity contribution in [2.75, 3.05) is 6.61 Å². The third-order valence-electron chi connectivity index (χ3n) is 7.50.